The van der Waals surface area contributed by atoms with Crippen molar-refractivity contribution in [1.82, 2.24) is 0 Å². The summed E-state index contributed by atoms with van der Waals surface area (Å²) in [6, 6.07) is 11.5. The molecular formula is C24H31N3O2. The van der Waals surface area contributed by atoms with Crippen molar-refractivity contribution in [2.75, 3.05) is 10.3 Å². The lowest BCUT2D eigenvalue weighted by Gasteiger charge is -2.50. The van der Waals surface area contributed by atoms with Crippen LogP contribution in [0.1, 0.15) is 74.0 Å². The number of hydrogen-bond acceptors (Lipinski definition) is 4. The Morgan fingerprint density at radius 1 is 1.28 bits per heavy atom. The number of carbonyl (C=O) groups is 1. The monoisotopic (exact) mass is 393 g/mol. The molecule has 5 heteroatoms. The number of nitrogens with zero attached hydrogens (tertiary/aromatic N) is 2. The molecule has 1 aliphatic heterocycles. The van der Waals surface area contributed by atoms with Crippen LogP contribution >= 0.6 is 0 Å². The molecule has 0 fully saturated rings. The molecule has 154 valence electrons. The largest absolute Gasteiger partial charge is 0.478 e. The molecule has 0 saturated heterocycles. The normalized spacial score (nSPS) is 18.2. The molecule has 1 aliphatic rings. The smallest absolute Gasteiger partial charge is 0.335 e. The zero-order valence-electron chi connectivity index (χ0n) is 18.2. The van der Waals surface area contributed by atoms with Crippen molar-refractivity contribution >= 4 is 23.6 Å². The number of anilines is 2. The maximum Gasteiger partial charge on any atom is 0.335 e. The fraction of sp³-hybridized carbons (Fsp3) is 0.417. The Balaban J connectivity index is 1.85. The summed E-state index contributed by atoms with van der Waals surface area (Å²) in [6.07, 6.45) is 2.96. The van der Waals surface area contributed by atoms with E-state index in [2.05, 4.69) is 69.1 Å². The third-order valence-electron chi connectivity index (χ3n) is 5.71. The fourth-order valence-electron chi connectivity index (χ4n) is 4.59. The van der Waals surface area contributed by atoms with Crippen molar-refractivity contribution in [3.63, 3.8) is 0 Å². The van der Waals surface area contributed by atoms with E-state index in [1.807, 2.05) is 6.21 Å². The number of aryl methyl sites for hydroxylation is 1. The molecular weight excluding hydrogens is 362 g/mol. The van der Waals surface area contributed by atoms with E-state index in [9.17, 15) is 4.79 Å². The molecule has 2 aromatic carbocycles. The Hall–Kier alpha value is -2.82. The van der Waals surface area contributed by atoms with E-state index < -0.39 is 5.97 Å². The van der Waals surface area contributed by atoms with Crippen LogP contribution in [0.3, 0.4) is 0 Å². The van der Waals surface area contributed by atoms with Crippen molar-refractivity contribution in [1.29, 1.82) is 0 Å². The Morgan fingerprint density at radius 2 is 1.93 bits per heavy atom. The number of carboxylic acids is 1. The minimum absolute atomic E-state index is 0.131. The van der Waals surface area contributed by atoms with Gasteiger partial charge in [0.1, 0.15) is 0 Å². The maximum absolute atomic E-state index is 10.9. The van der Waals surface area contributed by atoms with Gasteiger partial charge >= 0.3 is 5.97 Å². The van der Waals surface area contributed by atoms with Gasteiger partial charge in [-0.1, -0.05) is 6.92 Å². The quantitative estimate of drug-likeness (QED) is 0.510. The number of hydrogen-bond donors (Lipinski definition) is 2. The average Bonchev–Trinajstić information content (AvgIpc) is 2.62. The molecule has 0 spiro atoms. The van der Waals surface area contributed by atoms with Crippen LogP contribution in [0.2, 0.25) is 0 Å². The summed E-state index contributed by atoms with van der Waals surface area (Å²) in [5, 5.41) is 13.3. The lowest BCUT2D eigenvalue weighted by molar-refractivity contribution is 0.0697. The Labute approximate surface area is 173 Å². The van der Waals surface area contributed by atoms with E-state index in [1.54, 1.807) is 24.3 Å². The van der Waals surface area contributed by atoms with E-state index in [0.717, 1.165) is 17.7 Å². The van der Waals surface area contributed by atoms with E-state index >= 15 is 0 Å². The number of nitrogens with one attached hydrogen (secondary N) is 1. The molecule has 0 radical (unpaired) electrons. The second-order valence-electron chi connectivity index (χ2n) is 8.90. The maximum atomic E-state index is 10.9. The van der Waals surface area contributed by atoms with Crippen LogP contribution in [0, 0.1) is 6.92 Å². The highest BCUT2D eigenvalue weighted by Crippen LogP contribution is 2.45. The third-order valence-corrected chi connectivity index (χ3v) is 5.71. The zero-order chi connectivity index (χ0) is 21.3. The molecule has 0 aliphatic carbocycles. The summed E-state index contributed by atoms with van der Waals surface area (Å²) in [6.45, 7) is 13.6. The lowest BCUT2D eigenvalue weighted by Crippen LogP contribution is -2.51. The molecule has 3 rings (SSSR count). The van der Waals surface area contributed by atoms with Gasteiger partial charge in [0.15, 0.2) is 0 Å². The first-order valence-electron chi connectivity index (χ1n) is 10.2. The highest BCUT2D eigenvalue weighted by Gasteiger charge is 2.37. The van der Waals surface area contributed by atoms with Crippen molar-refractivity contribution < 1.29 is 9.90 Å². The minimum atomic E-state index is -0.933. The van der Waals surface area contributed by atoms with Crippen LogP contribution in [0.4, 0.5) is 11.4 Å². The van der Waals surface area contributed by atoms with Crippen molar-refractivity contribution in [2.45, 2.75) is 65.5 Å². The highest BCUT2D eigenvalue weighted by molar-refractivity contribution is 5.88. The number of hydrazone groups is 1. The predicted molar refractivity (Wildman–Crippen MR) is 121 cm³/mol. The molecule has 0 amide bonds. The summed E-state index contributed by atoms with van der Waals surface area (Å²) >= 11 is 0. The molecule has 0 aromatic heterocycles. The van der Waals surface area contributed by atoms with Gasteiger partial charge in [0, 0.05) is 17.3 Å². The van der Waals surface area contributed by atoms with Gasteiger partial charge in [-0.3, -0.25) is 5.43 Å². The van der Waals surface area contributed by atoms with Gasteiger partial charge < -0.3 is 10.0 Å². The van der Waals surface area contributed by atoms with Gasteiger partial charge in [0.05, 0.1) is 17.5 Å². The predicted octanol–water partition coefficient (Wildman–Crippen LogP) is 5.64. The fourth-order valence-corrected chi connectivity index (χ4v) is 4.59. The van der Waals surface area contributed by atoms with E-state index in [0.29, 0.717) is 12.0 Å². The summed E-state index contributed by atoms with van der Waals surface area (Å²) < 4.78 is 0. The minimum Gasteiger partial charge on any atom is -0.478 e. The van der Waals surface area contributed by atoms with E-state index in [-0.39, 0.29) is 11.1 Å². The van der Waals surface area contributed by atoms with Gasteiger partial charge in [0.2, 0.25) is 0 Å². The Morgan fingerprint density at radius 3 is 2.52 bits per heavy atom. The lowest BCUT2D eigenvalue weighted by atomic mass is 9.78. The van der Waals surface area contributed by atoms with Gasteiger partial charge in [-0.05, 0) is 100 Å². The second-order valence-corrected chi connectivity index (χ2v) is 8.90. The number of fused-ring (bicyclic) bond motifs is 1. The van der Waals surface area contributed by atoms with Crippen LogP contribution in [-0.2, 0) is 0 Å². The Bertz CT molecular complexity index is 930. The van der Waals surface area contributed by atoms with Gasteiger partial charge in [-0.25, -0.2) is 4.79 Å². The second kappa shape index (κ2) is 7.90. The molecule has 1 atom stereocenters. The molecule has 29 heavy (non-hydrogen) atoms. The summed E-state index contributed by atoms with van der Waals surface area (Å²) in [7, 11) is 0. The summed E-state index contributed by atoms with van der Waals surface area (Å²) in [5.74, 6) is -0.447. The number of carboxylic acid groups (broad SMARTS) is 1. The first kappa shape index (κ1) is 20.9. The number of benzene rings is 2. The first-order chi connectivity index (χ1) is 13.6. The van der Waals surface area contributed by atoms with Crippen LogP contribution in [0.25, 0.3) is 0 Å². The average molecular weight is 394 g/mol. The van der Waals surface area contributed by atoms with Crippen molar-refractivity contribution in [3.8, 4) is 0 Å². The molecule has 1 heterocycles. The number of aromatic carboxylic acids is 1. The van der Waals surface area contributed by atoms with Gasteiger partial charge in [0.25, 0.3) is 0 Å². The summed E-state index contributed by atoms with van der Waals surface area (Å²) in [5.41, 5.74) is 9.11. The molecule has 5 nitrogen and oxygen atoms in total. The van der Waals surface area contributed by atoms with Crippen LogP contribution in [0.5, 0.6) is 0 Å². The molecule has 0 bridgehead atoms. The SMILES string of the molecule is Cc1cc2c(cc1/C=N\Nc1ccc(C(=O)O)cc1)C(C)CC(C)(C)N2C(C)C. The molecule has 1 unspecified atom stereocenters. The van der Waals surface area contributed by atoms with Gasteiger partial charge in [-0.2, -0.15) is 5.10 Å². The standard InChI is InChI=1S/C24H31N3O2/c1-15(2)27-22-11-16(3)19(12-21(22)17(4)13-24(27,5)6)14-25-26-20-9-7-18(8-10-20)23(28)29/h7-12,14-15,17,26H,13H2,1-6H3,(H,28,29)/b25-14-. The van der Waals surface area contributed by atoms with Crippen molar-refractivity contribution in [3.05, 3.63) is 58.7 Å². The van der Waals surface area contributed by atoms with E-state index in [4.69, 9.17) is 5.11 Å². The molecule has 2 aromatic rings. The number of rotatable bonds is 5. The third kappa shape index (κ3) is 4.29. The first-order valence-corrected chi connectivity index (χ1v) is 10.2. The Kier molecular flexibility index (Phi) is 5.69. The topological polar surface area (TPSA) is 64.9 Å². The van der Waals surface area contributed by atoms with Crippen molar-refractivity contribution in [2.24, 2.45) is 5.10 Å². The van der Waals surface area contributed by atoms with E-state index in [1.165, 1.54) is 16.8 Å². The van der Waals surface area contributed by atoms with Gasteiger partial charge in [-0.15, -0.1) is 0 Å². The summed E-state index contributed by atoms with van der Waals surface area (Å²) in [4.78, 5) is 13.5. The highest BCUT2D eigenvalue weighted by atomic mass is 16.4. The molecule has 0 saturated carbocycles. The zero-order valence-corrected chi connectivity index (χ0v) is 18.2. The van der Waals surface area contributed by atoms with Crippen LogP contribution in [0.15, 0.2) is 41.5 Å². The van der Waals surface area contributed by atoms with Crippen LogP contribution in [-0.4, -0.2) is 28.9 Å². The molecule has 2 N–H and O–H groups in total. The van der Waals surface area contributed by atoms with Crippen LogP contribution < -0.4 is 10.3 Å².